The number of carbonyl (C=O) groups excluding carboxylic acids is 1. The van der Waals surface area contributed by atoms with Gasteiger partial charge >= 0.3 is 0 Å². The monoisotopic (exact) mass is 279 g/mol. The fraction of sp³-hybridized carbons (Fsp3) is 0.500. The molecule has 0 aliphatic heterocycles. The molecule has 1 aromatic rings. The summed E-state index contributed by atoms with van der Waals surface area (Å²) in [5, 5.41) is 13.5. The Hall–Kier alpha value is -1.95. The minimum atomic E-state index is -0.447. The highest BCUT2D eigenvalue weighted by atomic mass is 16.6. The van der Waals surface area contributed by atoms with Gasteiger partial charge in [0.05, 0.1) is 4.92 Å². The summed E-state index contributed by atoms with van der Waals surface area (Å²) in [5.74, 6) is -0.199. The number of carbonyl (C=O) groups is 1. The number of likely N-dealkylation sites (N-methyl/N-ethyl adjacent to an activating group) is 1. The SMILES string of the molecule is CCN(CC)CCNC(=O)c1ccc([N+](=O)[O-])c(C)c1. The van der Waals surface area contributed by atoms with Crippen molar-refractivity contribution >= 4 is 11.6 Å². The van der Waals surface area contributed by atoms with Crippen LogP contribution in [0.2, 0.25) is 0 Å². The normalized spacial score (nSPS) is 10.6. The number of nitro groups is 1. The third kappa shape index (κ3) is 4.31. The van der Waals surface area contributed by atoms with Crippen LogP contribution in [0.3, 0.4) is 0 Å². The second-order valence-corrected chi connectivity index (χ2v) is 4.54. The van der Waals surface area contributed by atoms with E-state index in [-0.39, 0.29) is 11.6 Å². The summed E-state index contributed by atoms with van der Waals surface area (Å²) in [6.45, 7) is 9.04. The zero-order chi connectivity index (χ0) is 15.1. The molecule has 0 unspecified atom stereocenters. The van der Waals surface area contributed by atoms with Gasteiger partial charge in [-0.15, -0.1) is 0 Å². The summed E-state index contributed by atoms with van der Waals surface area (Å²) in [5.41, 5.74) is 0.976. The molecule has 6 nitrogen and oxygen atoms in total. The second-order valence-electron chi connectivity index (χ2n) is 4.54. The Labute approximate surface area is 118 Å². The molecule has 0 atom stereocenters. The number of nitro benzene ring substituents is 1. The van der Waals surface area contributed by atoms with Gasteiger partial charge in [-0.05, 0) is 32.1 Å². The van der Waals surface area contributed by atoms with Crippen LogP contribution < -0.4 is 5.32 Å². The van der Waals surface area contributed by atoms with E-state index in [1.165, 1.54) is 12.1 Å². The van der Waals surface area contributed by atoms with Crippen molar-refractivity contribution in [2.45, 2.75) is 20.8 Å². The highest BCUT2D eigenvalue weighted by Crippen LogP contribution is 2.18. The van der Waals surface area contributed by atoms with Crippen LogP contribution in [0, 0.1) is 17.0 Å². The zero-order valence-corrected chi connectivity index (χ0v) is 12.2. The number of aryl methyl sites for hydroxylation is 1. The molecule has 0 heterocycles. The van der Waals surface area contributed by atoms with Gasteiger partial charge in [-0.2, -0.15) is 0 Å². The summed E-state index contributed by atoms with van der Waals surface area (Å²) in [6.07, 6.45) is 0. The summed E-state index contributed by atoms with van der Waals surface area (Å²) < 4.78 is 0. The van der Waals surface area contributed by atoms with E-state index in [1.807, 2.05) is 0 Å². The molecule has 1 aromatic carbocycles. The smallest absolute Gasteiger partial charge is 0.272 e. The maximum atomic E-state index is 11.9. The molecule has 0 bridgehead atoms. The fourth-order valence-electron chi connectivity index (χ4n) is 1.97. The molecule has 0 aliphatic carbocycles. The van der Waals surface area contributed by atoms with Crippen molar-refractivity contribution < 1.29 is 9.72 Å². The third-order valence-corrected chi connectivity index (χ3v) is 3.26. The number of hydrogen-bond donors (Lipinski definition) is 1. The van der Waals surface area contributed by atoms with Crippen LogP contribution in [0.4, 0.5) is 5.69 Å². The van der Waals surface area contributed by atoms with Gasteiger partial charge in [-0.3, -0.25) is 14.9 Å². The number of nitrogens with zero attached hydrogens (tertiary/aromatic N) is 2. The molecule has 0 saturated heterocycles. The Morgan fingerprint density at radius 1 is 1.35 bits per heavy atom. The van der Waals surface area contributed by atoms with E-state index in [0.717, 1.165) is 19.6 Å². The molecule has 1 rings (SSSR count). The molecule has 0 radical (unpaired) electrons. The maximum Gasteiger partial charge on any atom is 0.272 e. The van der Waals surface area contributed by atoms with Crippen LogP contribution in [0.25, 0.3) is 0 Å². The van der Waals surface area contributed by atoms with E-state index in [0.29, 0.717) is 17.7 Å². The van der Waals surface area contributed by atoms with E-state index in [2.05, 4.69) is 24.1 Å². The number of nitrogens with one attached hydrogen (secondary N) is 1. The van der Waals surface area contributed by atoms with Gasteiger partial charge in [0, 0.05) is 30.3 Å². The molecule has 0 spiro atoms. The molecule has 20 heavy (non-hydrogen) atoms. The molecule has 0 aromatic heterocycles. The molecule has 0 aliphatic rings. The van der Waals surface area contributed by atoms with Gasteiger partial charge in [0.15, 0.2) is 0 Å². The summed E-state index contributed by atoms with van der Waals surface area (Å²) in [7, 11) is 0. The lowest BCUT2D eigenvalue weighted by Gasteiger charge is -2.17. The van der Waals surface area contributed by atoms with Gasteiger partial charge in [0.2, 0.25) is 0 Å². The van der Waals surface area contributed by atoms with Crippen LogP contribution in [0.1, 0.15) is 29.8 Å². The molecule has 6 heteroatoms. The summed E-state index contributed by atoms with van der Waals surface area (Å²) >= 11 is 0. The lowest BCUT2D eigenvalue weighted by atomic mass is 10.1. The molecule has 1 N–H and O–H groups in total. The van der Waals surface area contributed by atoms with Crippen molar-refractivity contribution in [3.8, 4) is 0 Å². The fourth-order valence-corrected chi connectivity index (χ4v) is 1.97. The Morgan fingerprint density at radius 3 is 2.50 bits per heavy atom. The summed E-state index contributed by atoms with van der Waals surface area (Å²) in [4.78, 5) is 24.4. The lowest BCUT2D eigenvalue weighted by Crippen LogP contribution is -2.34. The Balaban J connectivity index is 2.60. The van der Waals surface area contributed by atoms with Crippen molar-refractivity contribution in [2.75, 3.05) is 26.2 Å². The van der Waals surface area contributed by atoms with Crippen LogP contribution >= 0.6 is 0 Å². The van der Waals surface area contributed by atoms with E-state index < -0.39 is 4.92 Å². The molecule has 110 valence electrons. The quantitative estimate of drug-likeness (QED) is 0.611. The minimum absolute atomic E-state index is 0.0321. The number of amides is 1. The van der Waals surface area contributed by atoms with Crippen molar-refractivity contribution in [3.05, 3.63) is 39.4 Å². The molecule has 0 saturated carbocycles. The zero-order valence-electron chi connectivity index (χ0n) is 12.2. The van der Waals surface area contributed by atoms with Crippen molar-refractivity contribution in [2.24, 2.45) is 0 Å². The first-order chi connectivity index (χ1) is 9.49. The molecule has 0 fully saturated rings. The van der Waals surface area contributed by atoms with E-state index >= 15 is 0 Å². The van der Waals surface area contributed by atoms with E-state index in [4.69, 9.17) is 0 Å². The van der Waals surface area contributed by atoms with Gasteiger partial charge in [-0.25, -0.2) is 0 Å². The third-order valence-electron chi connectivity index (χ3n) is 3.26. The van der Waals surface area contributed by atoms with Crippen LogP contribution in [0.15, 0.2) is 18.2 Å². The lowest BCUT2D eigenvalue weighted by molar-refractivity contribution is -0.385. The minimum Gasteiger partial charge on any atom is -0.351 e. The number of benzene rings is 1. The Bertz CT molecular complexity index is 485. The standard InChI is InChI=1S/C14H21N3O3/c1-4-16(5-2)9-8-15-14(18)12-6-7-13(17(19)20)11(3)10-12/h6-7,10H,4-5,8-9H2,1-3H3,(H,15,18). The van der Waals surface area contributed by atoms with E-state index in [9.17, 15) is 14.9 Å². The topological polar surface area (TPSA) is 75.5 Å². The number of rotatable bonds is 7. The largest absolute Gasteiger partial charge is 0.351 e. The number of hydrogen-bond acceptors (Lipinski definition) is 4. The van der Waals surface area contributed by atoms with Crippen LogP contribution in [0.5, 0.6) is 0 Å². The van der Waals surface area contributed by atoms with Gasteiger partial charge in [0.1, 0.15) is 0 Å². The van der Waals surface area contributed by atoms with Crippen LogP contribution in [-0.2, 0) is 0 Å². The van der Waals surface area contributed by atoms with Crippen LogP contribution in [-0.4, -0.2) is 41.9 Å². The predicted molar refractivity (Wildman–Crippen MR) is 78.0 cm³/mol. The highest BCUT2D eigenvalue weighted by molar-refractivity contribution is 5.94. The van der Waals surface area contributed by atoms with Gasteiger partial charge in [-0.1, -0.05) is 13.8 Å². The maximum absolute atomic E-state index is 11.9. The first kappa shape index (κ1) is 16.1. The Kier molecular flexibility index (Phi) is 6.11. The van der Waals surface area contributed by atoms with Crippen molar-refractivity contribution in [1.29, 1.82) is 0 Å². The predicted octanol–water partition coefficient (Wildman–Crippen LogP) is 1.97. The molecule has 1 amide bonds. The van der Waals surface area contributed by atoms with Crippen molar-refractivity contribution in [1.82, 2.24) is 10.2 Å². The average Bonchev–Trinajstić information content (AvgIpc) is 2.42. The molecular weight excluding hydrogens is 258 g/mol. The van der Waals surface area contributed by atoms with Gasteiger partial charge in [0.25, 0.3) is 11.6 Å². The highest BCUT2D eigenvalue weighted by Gasteiger charge is 2.13. The second kappa shape index (κ2) is 7.59. The van der Waals surface area contributed by atoms with Crippen molar-refractivity contribution in [3.63, 3.8) is 0 Å². The first-order valence-electron chi connectivity index (χ1n) is 6.75. The Morgan fingerprint density at radius 2 is 2.00 bits per heavy atom. The van der Waals surface area contributed by atoms with E-state index in [1.54, 1.807) is 13.0 Å². The van der Waals surface area contributed by atoms with Gasteiger partial charge < -0.3 is 10.2 Å². The molecular formula is C14H21N3O3. The summed E-state index contributed by atoms with van der Waals surface area (Å²) in [6, 6.07) is 4.40. The first-order valence-corrected chi connectivity index (χ1v) is 6.75. The average molecular weight is 279 g/mol.